The Hall–Kier alpha value is -2.22. The number of hydrogen-bond donors (Lipinski definition) is 2. The molecule has 0 bridgehead atoms. The van der Waals surface area contributed by atoms with Gasteiger partial charge in [-0.3, -0.25) is 4.90 Å². The van der Waals surface area contributed by atoms with Gasteiger partial charge in [0, 0.05) is 44.0 Å². The van der Waals surface area contributed by atoms with E-state index in [9.17, 15) is 0 Å². The first kappa shape index (κ1) is 22.6. The van der Waals surface area contributed by atoms with Gasteiger partial charge in [0.25, 0.3) is 0 Å². The fraction of sp³-hybridized carbons (Fsp3) is 0.615. The van der Waals surface area contributed by atoms with Crippen molar-refractivity contribution in [2.45, 2.75) is 63.1 Å². The van der Waals surface area contributed by atoms with Crippen LogP contribution in [0.15, 0.2) is 30.5 Å². The van der Waals surface area contributed by atoms with Crippen molar-refractivity contribution in [1.29, 1.82) is 0 Å². The first-order valence-corrected chi connectivity index (χ1v) is 12.6. The molecule has 0 spiro atoms. The number of hydrogen-bond acceptors (Lipinski definition) is 7. The predicted molar refractivity (Wildman–Crippen MR) is 131 cm³/mol. The molecular weight excluding hydrogens is 414 g/mol. The maximum absolute atomic E-state index is 6.03. The quantitative estimate of drug-likeness (QED) is 0.650. The molecule has 0 radical (unpaired) electrons. The van der Waals surface area contributed by atoms with Gasteiger partial charge in [-0.25, -0.2) is 9.97 Å². The van der Waals surface area contributed by atoms with Crippen molar-refractivity contribution in [3.63, 3.8) is 0 Å². The van der Waals surface area contributed by atoms with Crippen molar-refractivity contribution >= 4 is 11.6 Å². The Labute approximate surface area is 197 Å². The molecule has 0 unspecified atom stereocenters. The number of rotatable bonds is 7. The zero-order valence-corrected chi connectivity index (χ0v) is 19.7. The van der Waals surface area contributed by atoms with Gasteiger partial charge in [0.05, 0.1) is 12.3 Å². The van der Waals surface area contributed by atoms with Crippen LogP contribution in [0.3, 0.4) is 0 Å². The van der Waals surface area contributed by atoms with Gasteiger partial charge >= 0.3 is 0 Å². The first-order valence-electron chi connectivity index (χ1n) is 12.6. The number of ether oxygens (including phenoxy) is 2. The molecule has 7 nitrogen and oxygen atoms in total. The minimum Gasteiger partial charge on any atom is -0.384 e. The number of aromatic nitrogens is 2. The van der Waals surface area contributed by atoms with E-state index in [2.05, 4.69) is 34.4 Å². The lowest BCUT2D eigenvalue weighted by Gasteiger charge is -2.42. The minimum atomic E-state index is 0.324. The Morgan fingerprint density at radius 3 is 2.52 bits per heavy atom. The molecule has 4 heterocycles. The van der Waals surface area contributed by atoms with Crippen LogP contribution in [0.5, 0.6) is 0 Å². The van der Waals surface area contributed by atoms with E-state index in [1.54, 1.807) is 6.20 Å². The van der Waals surface area contributed by atoms with Crippen molar-refractivity contribution in [1.82, 2.24) is 14.9 Å². The third-order valence-electron chi connectivity index (χ3n) is 7.74. The molecular formula is C26H37N5O2. The van der Waals surface area contributed by atoms with Gasteiger partial charge in [0.15, 0.2) is 0 Å². The van der Waals surface area contributed by atoms with Crippen LogP contribution in [-0.4, -0.2) is 60.6 Å². The molecule has 0 amide bonds. The summed E-state index contributed by atoms with van der Waals surface area (Å²) in [7, 11) is 2.22. The van der Waals surface area contributed by atoms with Crippen LogP contribution in [-0.2, 0) is 9.47 Å². The maximum atomic E-state index is 6.03. The fourth-order valence-corrected chi connectivity index (χ4v) is 5.50. The highest BCUT2D eigenvalue weighted by molar-refractivity contribution is 5.68. The zero-order chi connectivity index (χ0) is 22.6. The number of nitrogens with two attached hydrogens (primary N) is 1. The lowest BCUT2D eigenvalue weighted by molar-refractivity contribution is -0.152. The van der Waals surface area contributed by atoms with Gasteiger partial charge < -0.3 is 20.5 Å². The van der Waals surface area contributed by atoms with Crippen molar-refractivity contribution in [2.75, 3.05) is 44.5 Å². The normalized spacial score (nSPS) is 26.2. The Balaban J connectivity index is 1.32. The first-order chi connectivity index (χ1) is 16.2. The summed E-state index contributed by atoms with van der Waals surface area (Å²) in [5.74, 6) is 2.63. The smallest absolute Gasteiger partial charge is 0.126 e. The van der Waals surface area contributed by atoms with Gasteiger partial charge in [-0.1, -0.05) is 6.07 Å². The van der Waals surface area contributed by atoms with Gasteiger partial charge in [0.2, 0.25) is 0 Å². The molecule has 3 aliphatic rings. The largest absolute Gasteiger partial charge is 0.384 e. The molecule has 3 N–H and O–H groups in total. The summed E-state index contributed by atoms with van der Waals surface area (Å²) in [5, 5.41) is 3.58. The third-order valence-corrected chi connectivity index (χ3v) is 7.74. The number of pyridine rings is 2. The van der Waals surface area contributed by atoms with E-state index in [0.717, 1.165) is 62.7 Å². The molecule has 0 aromatic carbocycles. The lowest BCUT2D eigenvalue weighted by Crippen LogP contribution is -2.48. The highest BCUT2D eigenvalue weighted by Gasteiger charge is 2.32. The standard InChI is InChI=1S/C26H37N5O2/c1-31(25-11-15-33-25)21-4-2-19(3-5-21)22-6-7-24(29-17-18-9-13-32-14-10-18)30-26(22)20-8-12-28-23(27)16-20/h6-8,12,16,18-19,21,25H,2-5,9-11,13-15,17H2,1H3,(H2,27,28)(H,29,30)/t19?,21?,25-/m1/s1. The molecule has 178 valence electrons. The summed E-state index contributed by atoms with van der Waals surface area (Å²) < 4.78 is 11.2. The summed E-state index contributed by atoms with van der Waals surface area (Å²) in [6.07, 6.45) is 10.2. The summed E-state index contributed by atoms with van der Waals surface area (Å²) in [6.45, 7) is 3.58. The molecule has 1 atom stereocenters. The maximum Gasteiger partial charge on any atom is 0.126 e. The van der Waals surface area contributed by atoms with Crippen molar-refractivity contribution in [3.05, 3.63) is 36.0 Å². The molecule has 33 heavy (non-hydrogen) atoms. The van der Waals surface area contributed by atoms with E-state index in [0.29, 0.717) is 29.9 Å². The fourth-order valence-electron chi connectivity index (χ4n) is 5.50. The van der Waals surface area contributed by atoms with Gasteiger partial charge in [-0.05, 0) is 81.2 Å². The Bertz CT molecular complexity index is 921. The SMILES string of the molecule is CN(C1CCC(c2ccc(NCC3CCOCC3)nc2-c2ccnc(N)c2)CC1)[C@H]1CCO1. The molecule has 3 fully saturated rings. The molecule has 2 saturated heterocycles. The highest BCUT2D eigenvalue weighted by Crippen LogP contribution is 2.40. The van der Waals surface area contributed by atoms with Crippen LogP contribution in [0.2, 0.25) is 0 Å². The molecule has 2 aromatic heterocycles. The number of nitrogens with one attached hydrogen (secondary N) is 1. The Morgan fingerprint density at radius 1 is 1.03 bits per heavy atom. The summed E-state index contributed by atoms with van der Waals surface area (Å²) in [5.41, 5.74) is 9.46. The van der Waals surface area contributed by atoms with Crippen LogP contribution < -0.4 is 11.1 Å². The van der Waals surface area contributed by atoms with E-state index < -0.39 is 0 Å². The van der Waals surface area contributed by atoms with Crippen LogP contribution in [0.1, 0.15) is 56.4 Å². The minimum absolute atomic E-state index is 0.324. The Morgan fingerprint density at radius 2 is 1.82 bits per heavy atom. The van der Waals surface area contributed by atoms with Crippen LogP contribution in [0.4, 0.5) is 11.6 Å². The van der Waals surface area contributed by atoms with Gasteiger partial charge in [0.1, 0.15) is 17.9 Å². The van der Waals surface area contributed by atoms with Crippen LogP contribution in [0.25, 0.3) is 11.3 Å². The average molecular weight is 452 g/mol. The number of nitrogens with zero attached hydrogens (tertiary/aromatic N) is 3. The molecule has 5 rings (SSSR count). The van der Waals surface area contributed by atoms with Crippen LogP contribution >= 0.6 is 0 Å². The molecule has 2 aliphatic heterocycles. The lowest BCUT2D eigenvalue weighted by atomic mass is 9.80. The topological polar surface area (TPSA) is 85.5 Å². The zero-order valence-electron chi connectivity index (χ0n) is 19.7. The molecule has 1 aliphatic carbocycles. The molecule has 2 aromatic rings. The predicted octanol–water partition coefficient (Wildman–Crippen LogP) is 4.27. The van der Waals surface area contributed by atoms with Crippen molar-refractivity contribution < 1.29 is 9.47 Å². The second kappa shape index (κ2) is 10.4. The highest BCUT2D eigenvalue weighted by atomic mass is 16.5. The number of anilines is 2. The second-order valence-electron chi connectivity index (χ2n) is 9.83. The van der Waals surface area contributed by atoms with Crippen LogP contribution in [0, 0.1) is 5.92 Å². The molecule has 7 heteroatoms. The van der Waals surface area contributed by atoms with E-state index in [4.69, 9.17) is 20.2 Å². The Kier molecular flexibility index (Phi) is 7.09. The van der Waals surface area contributed by atoms with E-state index in [-0.39, 0.29) is 0 Å². The number of nitrogen functional groups attached to an aromatic ring is 1. The van der Waals surface area contributed by atoms with Crippen molar-refractivity contribution in [2.24, 2.45) is 5.92 Å². The summed E-state index contributed by atoms with van der Waals surface area (Å²) in [6, 6.07) is 9.03. The third kappa shape index (κ3) is 5.31. The summed E-state index contributed by atoms with van der Waals surface area (Å²) in [4.78, 5) is 11.7. The van der Waals surface area contributed by atoms with Crippen molar-refractivity contribution in [3.8, 4) is 11.3 Å². The monoisotopic (exact) mass is 451 g/mol. The second-order valence-corrected chi connectivity index (χ2v) is 9.83. The van der Waals surface area contributed by atoms with E-state index in [1.807, 2.05) is 12.1 Å². The van der Waals surface area contributed by atoms with E-state index in [1.165, 1.54) is 31.2 Å². The molecule has 1 saturated carbocycles. The van der Waals surface area contributed by atoms with Gasteiger partial charge in [-0.2, -0.15) is 0 Å². The van der Waals surface area contributed by atoms with Gasteiger partial charge in [-0.15, -0.1) is 0 Å². The average Bonchev–Trinajstić information content (AvgIpc) is 2.82. The van der Waals surface area contributed by atoms with E-state index >= 15 is 0 Å². The summed E-state index contributed by atoms with van der Waals surface area (Å²) >= 11 is 0.